The molecule has 0 saturated carbocycles. The molecule has 0 bridgehead atoms. The van der Waals surface area contributed by atoms with Gasteiger partial charge in [0.15, 0.2) is 0 Å². The summed E-state index contributed by atoms with van der Waals surface area (Å²) in [5.41, 5.74) is -3.11. The van der Waals surface area contributed by atoms with Crippen LogP contribution in [0.15, 0.2) is 0 Å². The van der Waals surface area contributed by atoms with Crippen molar-refractivity contribution in [3.05, 3.63) is 0 Å². The van der Waals surface area contributed by atoms with E-state index in [4.69, 9.17) is 23.7 Å². The summed E-state index contributed by atoms with van der Waals surface area (Å²) in [5.74, 6) is -0.367. The first-order chi connectivity index (χ1) is 20.4. The molecule has 0 aliphatic carbocycles. The highest BCUT2D eigenvalue weighted by Crippen LogP contribution is 2.30. The number of alkyl carbamates (subject to hydrolysis) is 3. The van der Waals surface area contributed by atoms with Gasteiger partial charge in [0, 0.05) is 25.0 Å². The maximum Gasteiger partial charge on any atom is 0.407 e. The number of rotatable bonds is 15. The largest absolute Gasteiger partial charge is 0.460 e. The third kappa shape index (κ3) is 28.5. The zero-order chi connectivity index (χ0) is 35.5. The van der Waals surface area contributed by atoms with E-state index in [-0.39, 0.29) is 32.1 Å². The second kappa shape index (κ2) is 20.4. The third-order valence-corrected chi connectivity index (χ3v) is 5.39. The molecule has 12 heteroatoms. The minimum atomic E-state index is -0.675. The third-order valence-electron chi connectivity index (χ3n) is 5.39. The molecule has 0 heterocycles. The van der Waals surface area contributed by atoms with Crippen LogP contribution in [0.1, 0.15) is 129 Å². The van der Waals surface area contributed by atoms with Crippen molar-refractivity contribution in [2.75, 3.05) is 32.8 Å². The Hall–Kier alpha value is -2.76. The van der Waals surface area contributed by atoms with Gasteiger partial charge in [-0.2, -0.15) is 0 Å². The number of esters is 1. The Morgan fingerprint density at radius 3 is 1.24 bits per heavy atom. The van der Waals surface area contributed by atoms with E-state index in [1.165, 1.54) is 0 Å². The lowest BCUT2D eigenvalue weighted by atomic mass is 9.79. The van der Waals surface area contributed by atoms with Gasteiger partial charge in [0.25, 0.3) is 0 Å². The number of amides is 3. The molecule has 3 N–H and O–H groups in total. The van der Waals surface area contributed by atoms with Crippen LogP contribution >= 0.6 is 0 Å². The van der Waals surface area contributed by atoms with Gasteiger partial charge in [-0.3, -0.25) is 4.79 Å². The van der Waals surface area contributed by atoms with Gasteiger partial charge < -0.3 is 39.6 Å². The average Bonchev–Trinajstić information content (AvgIpc) is 2.83. The van der Waals surface area contributed by atoms with Crippen LogP contribution < -0.4 is 16.0 Å². The number of hydrogen-bond donors (Lipinski definition) is 3. The second-order valence-electron chi connectivity index (χ2n) is 14.8. The van der Waals surface area contributed by atoms with Crippen molar-refractivity contribution in [2.24, 2.45) is 5.41 Å². The van der Waals surface area contributed by atoms with Gasteiger partial charge in [0.05, 0.1) is 19.6 Å². The molecule has 0 aliphatic rings. The summed E-state index contributed by atoms with van der Waals surface area (Å²) < 4.78 is 27.5. The average molecular weight is 648 g/mol. The predicted octanol–water partition coefficient (Wildman–Crippen LogP) is 6.88. The van der Waals surface area contributed by atoms with E-state index < -0.39 is 46.1 Å². The van der Waals surface area contributed by atoms with Crippen LogP contribution in [0.4, 0.5) is 14.4 Å². The summed E-state index contributed by atoms with van der Waals surface area (Å²) in [7, 11) is 0. The van der Waals surface area contributed by atoms with Gasteiger partial charge in [0.1, 0.15) is 22.4 Å². The second-order valence-corrected chi connectivity index (χ2v) is 14.8. The van der Waals surface area contributed by atoms with Crippen molar-refractivity contribution in [1.29, 1.82) is 0 Å². The van der Waals surface area contributed by atoms with Gasteiger partial charge >= 0.3 is 24.2 Å². The van der Waals surface area contributed by atoms with E-state index in [0.717, 1.165) is 0 Å². The molecule has 0 aromatic rings. The number of hydrogen-bond acceptors (Lipinski definition) is 9. The normalized spacial score (nSPS) is 12.2. The Balaban J connectivity index is 0. The molecule has 0 rings (SSSR count). The SMILES string of the molecule is CC.CC(C)(C)OC(=O)CCOCC(CCCNC(=O)OC(C)(C)C)(CCCNC(=O)OC(C)(C)C)CNC(=O)OC(C)(C)C. The highest BCUT2D eigenvalue weighted by molar-refractivity contribution is 5.70. The molecular weight excluding hydrogens is 582 g/mol. The van der Waals surface area contributed by atoms with Crippen molar-refractivity contribution in [2.45, 2.75) is 151 Å². The van der Waals surface area contributed by atoms with Crippen molar-refractivity contribution >= 4 is 24.2 Å². The summed E-state index contributed by atoms with van der Waals surface area (Å²) >= 11 is 0. The highest BCUT2D eigenvalue weighted by Gasteiger charge is 2.32. The molecule has 0 unspecified atom stereocenters. The molecule has 0 atom stereocenters. The van der Waals surface area contributed by atoms with E-state index in [2.05, 4.69) is 16.0 Å². The Kier molecular flexibility index (Phi) is 20.1. The predicted molar refractivity (Wildman–Crippen MR) is 176 cm³/mol. The van der Waals surface area contributed by atoms with E-state index in [9.17, 15) is 19.2 Å². The molecule has 0 fully saturated rings. The van der Waals surface area contributed by atoms with Crippen LogP contribution in [0.5, 0.6) is 0 Å². The quantitative estimate of drug-likeness (QED) is 0.0981. The molecule has 266 valence electrons. The topological polar surface area (TPSA) is 151 Å². The van der Waals surface area contributed by atoms with E-state index in [1.807, 2.05) is 13.8 Å². The first-order valence-corrected chi connectivity index (χ1v) is 16.1. The number of nitrogens with one attached hydrogen (secondary N) is 3. The zero-order valence-electron chi connectivity index (χ0n) is 30.7. The molecule has 0 radical (unpaired) electrons. The summed E-state index contributed by atoms with van der Waals surface area (Å²) in [6.07, 6.45) is 0.709. The molecule has 0 saturated heterocycles. The lowest BCUT2D eigenvalue weighted by molar-refractivity contribution is -0.156. The van der Waals surface area contributed by atoms with Gasteiger partial charge in [-0.05, 0) is 109 Å². The van der Waals surface area contributed by atoms with Crippen LogP contribution in [-0.2, 0) is 28.5 Å². The summed E-state index contributed by atoms with van der Waals surface area (Å²) in [4.78, 5) is 49.1. The van der Waals surface area contributed by atoms with Crippen LogP contribution in [0, 0.1) is 5.41 Å². The Labute approximate surface area is 272 Å². The fourth-order valence-electron chi connectivity index (χ4n) is 3.84. The monoisotopic (exact) mass is 647 g/mol. The molecule has 0 aromatic carbocycles. The fourth-order valence-corrected chi connectivity index (χ4v) is 3.84. The van der Waals surface area contributed by atoms with Crippen molar-refractivity contribution in [3.8, 4) is 0 Å². The van der Waals surface area contributed by atoms with Gasteiger partial charge in [0.2, 0.25) is 0 Å². The Morgan fingerprint density at radius 2 is 0.889 bits per heavy atom. The summed E-state index contributed by atoms with van der Waals surface area (Å²) in [6.45, 7) is 26.8. The van der Waals surface area contributed by atoms with Crippen LogP contribution in [0.3, 0.4) is 0 Å². The van der Waals surface area contributed by atoms with E-state index >= 15 is 0 Å². The minimum Gasteiger partial charge on any atom is -0.460 e. The Bertz CT molecular complexity index is 791. The number of carbonyl (C=O) groups excluding carboxylic acids is 4. The Morgan fingerprint density at radius 1 is 0.533 bits per heavy atom. The van der Waals surface area contributed by atoms with Crippen LogP contribution in [0.2, 0.25) is 0 Å². The molecule has 45 heavy (non-hydrogen) atoms. The van der Waals surface area contributed by atoms with Gasteiger partial charge in [-0.25, -0.2) is 14.4 Å². The van der Waals surface area contributed by atoms with Crippen LogP contribution in [0.25, 0.3) is 0 Å². The molecule has 0 aliphatic heterocycles. The standard InChI is InChI=1S/C31H59N3O9.C2H6/c1-27(2,3)40-23(35)15-20-39-22-31(21-34-26(38)43-30(10,11)12,16-13-18-32-24(36)41-28(4,5)6)17-14-19-33-25(37)42-29(7,8)9;1-2/h13-22H2,1-12H3,(H,32,36)(H,33,37)(H,34,38);1-2H3. The lowest BCUT2D eigenvalue weighted by Gasteiger charge is -2.35. The summed E-state index contributed by atoms with van der Waals surface area (Å²) in [6, 6.07) is 0. The smallest absolute Gasteiger partial charge is 0.407 e. The van der Waals surface area contributed by atoms with Crippen molar-refractivity contribution in [1.82, 2.24) is 16.0 Å². The first kappa shape index (κ1) is 44.4. The van der Waals surface area contributed by atoms with Gasteiger partial charge in [-0.1, -0.05) is 13.8 Å². The maximum atomic E-state index is 12.6. The lowest BCUT2D eigenvalue weighted by Crippen LogP contribution is -2.44. The molecule has 12 nitrogen and oxygen atoms in total. The van der Waals surface area contributed by atoms with Crippen molar-refractivity contribution in [3.63, 3.8) is 0 Å². The minimum absolute atomic E-state index is 0.0766. The molecular formula is C33H65N3O9. The number of ether oxygens (including phenoxy) is 5. The molecule has 0 spiro atoms. The van der Waals surface area contributed by atoms with Crippen LogP contribution in [-0.4, -0.2) is 79.5 Å². The first-order valence-electron chi connectivity index (χ1n) is 16.1. The zero-order valence-corrected chi connectivity index (χ0v) is 30.7. The molecule has 3 amide bonds. The number of carbonyl (C=O) groups is 4. The van der Waals surface area contributed by atoms with Crippen molar-refractivity contribution < 1.29 is 42.9 Å². The summed E-state index contributed by atoms with van der Waals surface area (Å²) in [5, 5.41) is 8.40. The molecule has 0 aromatic heterocycles. The van der Waals surface area contributed by atoms with E-state index in [1.54, 1.807) is 83.1 Å². The van der Waals surface area contributed by atoms with E-state index in [0.29, 0.717) is 38.8 Å². The fraction of sp³-hybridized carbons (Fsp3) is 0.879. The highest BCUT2D eigenvalue weighted by atomic mass is 16.6. The maximum absolute atomic E-state index is 12.6. The van der Waals surface area contributed by atoms with Gasteiger partial charge in [-0.15, -0.1) is 0 Å².